The molecular formula is C16H30O5. The van der Waals surface area contributed by atoms with Crippen LogP contribution in [0, 0.1) is 0 Å². The lowest BCUT2D eigenvalue weighted by molar-refractivity contribution is -0.154. The summed E-state index contributed by atoms with van der Waals surface area (Å²) in [5.41, 5.74) is 0. The number of unbranched alkanes of at least 4 members (excludes halogenated alkanes) is 6. The first-order chi connectivity index (χ1) is 10.1. The molecule has 0 spiro atoms. The standard InChI is InChI=1S/C16H30O5/c1-4-6-8-9-10-11-13-20-16(18)21-14(3)15(17)19-12-7-5-2/h14H,4-13H2,1-3H3. The molecular weight excluding hydrogens is 272 g/mol. The van der Waals surface area contributed by atoms with Crippen LogP contribution in [0.3, 0.4) is 0 Å². The van der Waals surface area contributed by atoms with Gasteiger partial charge in [-0.15, -0.1) is 0 Å². The van der Waals surface area contributed by atoms with Crippen LogP contribution < -0.4 is 0 Å². The van der Waals surface area contributed by atoms with E-state index in [9.17, 15) is 9.59 Å². The first-order valence-electron chi connectivity index (χ1n) is 8.11. The van der Waals surface area contributed by atoms with Crippen molar-refractivity contribution in [2.45, 2.75) is 78.2 Å². The van der Waals surface area contributed by atoms with E-state index in [-0.39, 0.29) is 0 Å². The smallest absolute Gasteiger partial charge is 0.463 e. The molecule has 0 rings (SSSR count). The molecule has 0 fully saturated rings. The molecule has 1 unspecified atom stereocenters. The van der Waals surface area contributed by atoms with Gasteiger partial charge in [0.05, 0.1) is 13.2 Å². The van der Waals surface area contributed by atoms with E-state index in [1.165, 1.54) is 26.2 Å². The van der Waals surface area contributed by atoms with Crippen LogP contribution in [0.5, 0.6) is 0 Å². The van der Waals surface area contributed by atoms with Crippen molar-refractivity contribution in [2.75, 3.05) is 13.2 Å². The summed E-state index contributed by atoms with van der Waals surface area (Å²) >= 11 is 0. The molecule has 0 amide bonds. The van der Waals surface area contributed by atoms with Crippen molar-refractivity contribution >= 4 is 12.1 Å². The molecule has 0 bridgehead atoms. The van der Waals surface area contributed by atoms with E-state index in [0.29, 0.717) is 13.2 Å². The zero-order valence-corrected chi connectivity index (χ0v) is 13.7. The van der Waals surface area contributed by atoms with Crippen LogP contribution in [0.25, 0.3) is 0 Å². The summed E-state index contributed by atoms with van der Waals surface area (Å²) in [6, 6.07) is 0. The van der Waals surface area contributed by atoms with Crippen LogP contribution in [0.15, 0.2) is 0 Å². The SMILES string of the molecule is CCCCCCCCOC(=O)OC(C)C(=O)OCCCC. The number of rotatable bonds is 12. The minimum Gasteiger partial charge on any atom is -0.463 e. The Hall–Kier alpha value is -1.26. The summed E-state index contributed by atoms with van der Waals surface area (Å²) in [6.45, 7) is 6.36. The lowest BCUT2D eigenvalue weighted by atomic mass is 10.1. The van der Waals surface area contributed by atoms with E-state index in [2.05, 4.69) is 6.92 Å². The summed E-state index contributed by atoms with van der Waals surface area (Å²) < 4.78 is 14.7. The Kier molecular flexibility index (Phi) is 12.9. The van der Waals surface area contributed by atoms with Crippen LogP contribution >= 0.6 is 0 Å². The lowest BCUT2D eigenvalue weighted by Gasteiger charge is -2.12. The summed E-state index contributed by atoms with van der Waals surface area (Å²) in [4.78, 5) is 22.8. The van der Waals surface area contributed by atoms with Crippen molar-refractivity contribution < 1.29 is 23.8 Å². The molecule has 1 atom stereocenters. The van der Waals surface area contributed by atoms with Crippen LogP contribution in [0.2, 0.25) is 0 Å². The minimum absolute atomic E-state index is 0.336. The summed E-state index contributed by atoms with van der Waals surface area (Å²) in [6.07, 6.45) is 6.76. The predicted octanol–water partition coefficient (Wildman–Crippen LogP) is 4.23. The first-order valence-corrected chi connectivity index (χ1v) is 8.11. The normalized spacial score (nSPS) is 11.8. The van der Waals surface area contributed by atoms with Crippen molar-refractivity contribution in [3.8, 4) is 0 Å². The monoisotopic (exact) mass is 302 g/mol. The molecule has 21 heavy (non-hydrogen) atoms. The summed E-state index contributed by atoms with van der Waals surface area (Å²) in [5, 5.41) is 0. The van der Waals surface area contributed by atoms with Crippen molar-refractivity contribution in [1.82, 2.24) is 0 Å². The average molecular weight is 302 g/mol. The van der Waals surface area contributed by atoms with Gasteiger partial charge in [0.1, 0.15) is 0 Å². The molecule has 124 valence electrons. The Morgan fingerprint density at radius 3 is 2.05 bits per heavy atom. The highest BCUT2D eigenvalue weighted by Crippen LogP contribution is 2.06. The maximum atomic E-state index is 11.5. The second-order valence-corrected chi connectivity index (χ2v) is 5.15. The van der Waals surface area contributed by atoms with Crippen LogP contribution in [0.1, 0.15) is 72.1 Å². The number of hydrogen-bond donors (Lipinski definition) is 0. The van der Waals surface area contributed by atoms with E-state index in [1.54, 1.807) is 0 Å². The van der Waals surface area contributed by atoms with Gasteiger partial charge in [-0.1, -0.05) is 52.4 Å². The Morgan fingerprint density at radius 1 is 0.810 bits per heavy atom. The molecule has 0 heterocycles. The number of hydrogen-bond acceptors (Lipinski definition) is 5. The molecule has 0 aliphatic rings. The van der Waals surface area contributed by atoms with Crippen molar-refractivity contribution in [1.29, 1.82) is 0 Å². The minimum atomic E-state index is -0.918. The molecule has 5 heteroatoms. The largest absolute Gasteiger partial charge is 0.509 e. The third-order valence-corrected chi connectivity index (χ3v) is 3.06. The molecule has 0 radical (unpaired) electrons. The fraction of sp³-hybridized carbons (Fsp3) is 0.875. The average Bonchev–Trinajstić information content (AvgIpc) is 2.46. The third kappa shape index (κ3) is 12.2. The molecule has 0 saturated heterocycles. The lowest BCUT2D eigenvalue weighted by Crippen LogP contribution is -2.27. The first kappa shape index (κ1) is 19.7. The Morgan fingerprint density at radius 2 is 1.38 bits per heavy atom. The van der Waals surface area contributed by atoms with Gasteiger partial charge in [-0.2, -0.15) is 0 Å². The quantitative estimate of drug-likeness (QED) is 0.399. The molecule has 0 aliphatic carbocycles. The molecule has 5 nitrogen and oxygen atoms in total. The van der Waals surface area contributed by atoms with Gasteiger partial charge in [-0.05, 0) is 19.8 Å². The second-order valence-electron chi connectivity index (χ2n) is 5.15. The van der Waals surface area contributed by atoms with E-state index in [1.807, 2.05) is 6.92 Å². The highest BCUT2D eigenvalue weighted by atomic mass is 16.7. The van der Waals surface area contributed by atoms with Gasteiger partial charge in [0.25, 0.3) is 0 Å². The fourth-order valence-corrected chi connectivity index (χ4v) is 1.70. The Balaban J connectivity index is 3.57. The Bertz CT molecular complexity index is 278. The van der Waals surface area contributed by atoms with E-state index < -0.39 is 18.2 Å². The van der Waals surface area contributed by atoms with Crippen molar-refractivity contribution in [3.05, 3.63) is 0 Å². The van der Waals surface area contributed by atoms with Crippen molar-refractivity contribution in [3.63, 3.8) is 0 Å². The molecule has 0 aliphatic heterocycles. The molecule has 0 N–H and O–H groups in total. The summed E-state index contributed by atoms with van der Waals surface area (Å²) in [7, 11) is 0. The van der Waals surface area contributed by atoms with Crippen LogP contribution in [-0.2, 0) is 19.0 Å². The number of carbonyl (C=O) groups excluding carboxylic acids is 2. The van der Waals surface area contributed by atoms with Gasteiger partial charge in [0.2, 0.25) is 0 Å². The topological polar surface area (TPSA) is 61.8 Å². The van der Waals surface area contributed by atoms with Crippen LogP contribution in [-0.4, -0.2) is 31.4 Å². The van der Waals surface area contributed by atoms with Gasteiger partial charge in [-0.3, -0.25) is 0 Å². The van der Waals surface area contributed by atoms with Crippen molar-refractivity contribution in [2.24, 2.45) is 0 Å². The molecule has 0 saturated carbocycles. The summed E-state index contributed by atoms with van der Waals surface area (Å²) in [5.74, 6) is -0.528. The maximum absolute atomic E-state index is 11.5. The zero-order chi connectivity index (χ0) is 15.9. The van der Waals surface area contributed by atoms with Gasteiger partial charge < -0.3 is 14.2 Å². The van der Waals surface area contributed by atoms with E-state index >= 15 is 0 Å². The highest BCUT2D eigenvalue weighted by molar-refractivity contribution is 5.76. The van der Waals surface area contributed by atoms with E-state index in [0.717, 1.165) is 32.1 Å². The number of esters is 1. The zero-order valence-electron chi connectivity index (χ0n) is 13.7. The number of carbonyl (C=O) groups is 2. The third-order valence-electron chi connectivity index (χ3n) is 3.06. The fourth-order valence-electron chi connectivity index (χ4n) is 1.70. The van der Waals surface area contributed by atoms with Gasteiger partial charge in [0, 0.05) is 0 Å². The van der Waals surface area contributed by atoms with Crippen LogP contribution in [0.4, 0.5) is 4.79 Å². The molecule has 0 aromatic carbocycles. The number of ether oxygens (including phenoxy) is 3. The highest BCUT2D eigenvalue weighted by Gasteiger charge is 2.19. The molecule has 0 aromatic heterocycles. The molecule has 0 aromatic rings. The Labute approximate surface area is 128 Å². The van der Waals surface area contributed by atoms with Gasteiger partial charge in [0.15, 0.2) is 6.10 Å². The van der Waals surface area contributed by atoms with Gasteiger partial charge >= 0.3 is 12.1 Å². The van der Waals surface area contributed by atoms with E-state index in [4.69, 9.17) is 14.2 Å². The maximum Gasteiger partial charge on any atom is 0.509 e. The second kappa shape index (κ2) is 13.7. The predicted molar refractivity (Wildman–Crippen MR) is 81.1 cm³/mol. The van der Waals surface area contributed by atoms with Gasteiger partial charge in [-0.25, -0.2) is 9.59 Å².